The Bertz CT molecular complexity index is 1580. The van der Waals surface area contributed by atoms with Gasteiger partial charge in [-0.1, -0.05) is 346 Å². The molecule has 0 aromatic rings. The Labute approximate surface area is 524 Å². The van der Waals surface area contributed by atoms with Gasteiger partial charge in [0, 0.05) is 6.42 Å². The molecule has 0 spiro atoms. The Morgan fingerprint density at radius 3 is 1.12 bits per heavy atom. The van der Waals surface area contributed by atoms with Crippen LogP contribution in [0.4, 0.5) is 0 Å². The summed E-state index contributed by atoms with van der Waals surface area (Å²) < 4.78 is 48.1. The van der Waals surface area contributed by atoms with E-state index in [0.717, 1.165) is 57.8 Å². The summed E-state index contributed by atoms with van der Waals surface area (Å²) >= 11 is 0. The SMILES string of the molecule is CCCCCCCCCCCCCCCCC/C=C\C/C=C\CCCCCCCCCCCCCCCCCCCC(=O)NC(COC1OC(CO)C(O)C(OS(=O)(=O)O)C1O)C(O)CCCCCCCCCCCCCCCCCCCCC. The highest BCUT2D eigenvalue weighted by Gasteiger charge is 2.48. The minimum absolute atomic E-state index is 0.223. The van der Waals surface area contributed by atoms with Gasteiger partial charge in [0.15, 0.2) is 6.29 Å². The smallest absolute Gasteiger partial charge is 0.394 e. The number of carbonyl (C=O) groups is 1. The highest BCUT2D eigenvalue weighted by molar-refractivity contribution is 7.80. The van der Waals surface area contributed by atoms with Crippen molar-refractivity contribution in [3.05, 3.63) is 24.3 Å². The number of allylic oxidation sites excluding steroid dienone is 4. The summed E-state index contributed by atoms with van der Waals surface area (Å²) in [7, 11) is -5.08. The summed E-state index contributed by atoms with van der Waals surface area (Å²) in [6.45, 7) is 3.52. The van der Waals surface area contributed by atoms with E-state index in [2.05, 4.69) is 47.7 Å². The van der Waals surface area contributed by atoms with E-state index < -0.39 is 59.9 Å². The van der Waals surface area contributed by atoms with Crippen molar-refractivity contribution in [1.82, 2.24) is 5.32 Å². The zero-order chi connectivity index (χ0) is 61.8. The van der Waals surface area contributed by atoms with Crippen molar-refractivity contribution in [2.45, 2.75) is 416 Å². The predicted molar refractivity (Wildman–Crippen MR) is 356 cm³/mol. The molecule has 1 heterocycles. The first-order chi connectivity index (χ1) is 41.5. The molecule has 1 rings (SSSR count). The molecule has 1 aliphatic heterocycles. The van der Waals surface area contributed by atoms with Gasteiger partial charge in [0.25, 0.3) is 0 Å². The van der Waals surface area contributed by atoms with Crippen molar-refractivity contribution in [1.29, 1.82) is 0 Å². The van der Waals surface area contributed by atoms with Crippen molar-refractivity contribution in [2.75, 3.05) is 13.2 Å². The van der Waals surface area contributed by atoms with E-state index >= 15 is 0 Å². The molecule has 1 amide bonds. The first-order valence-electron chi connectivity index (χ1n) is 36.7. The van der Waals surface area contributed by atoms with Crippen LogP contribution >= 0.6 is 0 Å². The van der Waals surface area contributed by atoms with Crippen molar-refractivity contribution in [3.8, 4) is 0 Å². The Kier molecular flexibility index (Phi) is 59.0. The van der Waals surface area contributed by atoms with Crippen molar-refractivity contribution in [2.24, 2.45) is 0 Å². The van der Waals surface area contributed by atoms with Crippen LogP contribution in [0.25, 0.3) is 0 Å². The van der Waals surface area contributed by atoms with Crippen molar-refractivity contribution < 1.29 is 51.8 Å². The van der Waals surface area contributed by atoms with E-state index in [0.29, 0.717) is 12.8 Å². The predicted octanol–water partition coefficient (Wildman–Crippen LogP) is 19.5. The van der Waals surface area contributed by atoms with Gasteiger partial charge in [-0.3, -0.25) is 9.35 Å². The maximum Gasteiger partial charge on any atom is 0.397 e. The maximum absolute atomic E-state index is 13.2. The molecule has 1 saturated heterocycles. The summed E-state index contributed by atoms with van der Waals surface area (Å²) in [5, 5.41) is 45.3. The number of aliphatic hydroxyl groups is 4. The van der Waals surface area contributed by atoms with Gasteiger partial charge in [0.2, 0.25) is 5.91 Å². The Morgan fingerprint density at radius 1 is 0.471 bits per heavy atom. The number of nitrogens with one attached hydrogen (secondary N) is 1. The average molecular weight is 1230 g/mol. The zero-order valence-electron chi connectivity index (χ0n) is 55.5. The Morgan fingerprint density at radius 2 is 0.788 bits per heavy atom. The third-order valence-electron chi connectivity index (χ3n) is 17.8. The van der Waals surface area contributed by atoms with E-state index in [4.69, 9.17) is 9.47 Å². The van der Waals surface area contributed by atoms with Crippen LogP contribution < -0.4 is 5.32 Å². The number of aliphatic hydroxyl groups excluding tert-OH is 4. The highest BCUT2D eigenvalue weighted by atomic mass is 32.3. The lowest BCUT2D eigenvalue weighted by Crippen LogP contribution is -2.61. The van der Waals surface area contributed by atoms with Crippen LogP contribution in [0.5, 0.6) is 0 Å². The number of carbonyl (C=O) groups excluding carboxylic acids is 1. The number of amides is 1. The van der Waals surface area contributed by atoms with E-state index in [1.54, 1.807) is 0 Å². The van der Waals surface area contributed by atoms with Crippen molar-refractivity contribution >= 4 is 16.3 Å². The zero-order valence-corrected chi connectivity index (χ0v) is 56.3. The number of hydrogen-bond acceptors (Lipinski definition) is 10. The molecule has 1 fully saturated rings. The minimum Gasteiger partial charge on any atom is -0.394 e. The third kappa shape index (κ3) is 53.0. The molecule has 0 aliphatic carbocycles. The molecule has 0 aromatic heterocycles. The molecule has 13 heteroatoms. The maximum atomic E-state index is 13.2. The lowest BCUT2D eigenvalue weighted by Gasteiger charge is -2.41. The fraction of sp³-hybridized carbons (Fsp3) is 0.931. The minimum atomic E-state index is -5.08. The van der Waals surface area contributed by atoms with Gasteiger partial charge in [0.1, 0.15) is 24.4 Å². The second kappa shape index (κ2) is 61.4. The molecule has 7 atom stereocenters. The fourth-order valence-corrected chi connectivity index (χ4v) is 12.7. The molecule has 0 bridgehead atoms. The summed E-state index contributed by atoms with van der Waals surface area (Å²) in [4.78, 5) is 13.2. The summed E-state index contributed by atoms with van der Waals surface area (Å²) in [6.07, 6.45) is 70.9. The van der Waals surface area contributed by atoms with Crippen LogP contribution in [0, 0.1) is 0 Å². The number of hydrogen-bond donors (Lipinski definition) is 6. The summed E-state index contributed by atoms with van der Waals surface area (Å²) in [6, 6.07) is -0.858. The Balaban J connectivity index is 2.15. The van der Waals surface area contributed by atoms with Crippen LogP contribution in [0.1, 0.15) is 373 Å². The van der Waals surface area contributed by atoms with Crippen LogP contribution in [-0.2, 0) is 28.9 Å². The van der Waals surface area contributed by atoms with Crippen LogP contribution in [0.3, 0.4) is 0 Å². The largest absolute Gasteiger partial charge is 0.397 e. The van der Waals surface area contributed by atoms with E-state index in [-0.39, 0.29) is 12.5 Å². The first kappa shape index (κ1) is 81.6. The standard InChI is InChI=1S/C72H139NO11S/c1-3-5-7-9-11-13-15-17-19-21-23-24-25-26-27-28-29-30-31-32-33-34-35-36-37-38-39-40-41-42-44-46-48-50-52-54-56-58-60-62-68(76)73-65(64-82-72-70(78)71(84-85(79,80)81)69(77)67(63-74)83-72)66(75)61-59-57-55-53-51-49-47-45-43-22-20-18-16-14-12-10-8-6-4-2/h29-30,32-33,65-67,69-72,74-75,77-78H,3-28,31,34-64H2,1-2H3,(H,73,76)(H,79,80,81)/b30-29-,33-32-. The normalized spacial score (nSPS) is 18.3. The van der Waals surface area contributed by atoms with E-state index in [1.165, 1.54) is 289 Å². The molecular weight excluding hydrogens is 1090 g/mol. The van der Waals surface area contributed by atoms with Crippen LogP contribution in [0.2, 0.25) is 0 Å². The molecule has 1 aliphatic rings. The second-order valence-electron chi connectivity index (χ2n) is 25.9. The lowest BCUT2D eigenvalue weighted by molar-refractivity contribution is -0.298. The molecule has 7 unspecified atom stereocenters. The molecule has 504 valence electrons. The quantitative estimate of drug-likeness (QED) is 0.0193. The molecule has 0 aromatic carbocycles. The highest BCUT2D eigenvalue weighted by Crippen LogP contribution is 2.27. The second-order valence-corrected chi connectivity index (χ2v) is 26.9. The number of ether oxygens (including phenoxy) is 2. The number of unbranched alkanes of at least 4 members (excludes halogenated alkanes) is 50. The molecule has 12 nitrogen and oxygen atoms in total. The van der Waals surface area contributed by atoms with Gasteiger partial charge in [-0.2, -0.15) is 8.42 Å². The van der Waals surface area contributed by atoms with Gasteiger partial charge in [-0.05, 0) is 44.9 Å². The molecular formula is C72H139NO11S. The monoisotopic (exact) mass is 1230 g/mol. The molecule has 85 heavy (non-hydrogen) atoms. The summed E-state index contributed by atoms with van der Waals surface area (Å²) in [5.41, 5.74) is 0. The van der Waals surface area contributed by atoms with Gasteiger partial charge in [-0.25, -0.2) is 4.18 Å². The summed E-state index contributed by atoms with van der Waals surface area (Å²) in [5.74, 6) is -0.223. The van der Waals surface area contributed by atoms with Gasteiger partial charge in [0.05, 0.1) is 25.4 Å². The van der Waals surface area contributed by atoms with Gasteiger partial charge < -0.3 is 35.2 Å². The fourth-order valence-electron chi connectivity index (χ4n) is 12.1. The molecule has 6 N–H and O–H groups in total. The van der Waals surface area contributed by atoms with Crippen LogP contribution in [0.15, 0.2) is 24.3 Å². The Hall–Kier alpha value is -1.42. The molecule has 0 saturated carbocycles. The van der Waals surface area contributed by atoms with Crippen LogP contribution in [-0.4, -0.2) is 95.4 Å². The van der Waals surface area contributed by atoms with E-state index in [1.807, 2.05) is 0 Å². The van der Waals surface area contributed by atoms with Gasteiger partial charge >= 0.3 is 10.4 Å². The van der Waals surface area contributed by atoms with Gasteiger partial charge in [-0.15, -0.1) is 0 Å². The third-order valence-corrected chi connectivity index (χ3v) is 18.2. The van der Waals surface area contributed by atoms with E-state index in [9.17, 15) is 38.2 Å². The lowest BCUT2D eigenvalue weighted by atomic mass is 9.99. The molecule has 0 radical (unpaired) electrons. The average Bonchev–Trinajstić information content (AvgIpc) is 3.31. The number of rotatable bonds is 66. The van der Waals surface area contributed by atoms with Crippen molar-refractivity contribution in [3.63, 3.8) is 0 Å². The topological polar surface area (TPSA) is 192 Å². The first-order valence-corrected chi connectivity index (χ1v) is 38.1.